The van der Waals surface area contributed by atoms with Gasteiger partial charge in [0.25, 0.3) is 0 Å². The van der Waals surface area contributed by atoms with Gasteiger partial charge >= 0.3 is 5.97 Å². The predicted octanol–water partition coefficient (Wildman–Crippen LogP) is 2.24. The molecule has 0 aromatic heterocycles. The molecule has 1 N–H and O–H groups in total. The highest BCUT2D eigenvalue weighted by atomic mass is 16.5. The molecular weight excluding hydrogens is 230 g/mol. The van der Waals surface area contributed by atoms with Crippen LogP contribution in [0.2, 0.25) is 0 Å². The fourth-order valence-corrected chi connectivity index (χ4v) is 2.47. The third-order valence-electron chi connectivity index (χ3n) is 3.83. The summed E-state index contributed by atoms with van der Waals surface area (Å²) in [6.45, 7) is 11.4. The van der Waals surface area contributed by atoms with E-state index in [0.29, 0.717) is 5.92 Å². The van der Waals surface area contributed by atoms with Gasteiger partial charge in [-0.05, 0) is 30.7 Å². The SMILES string of the molecule is CC(C)(C)C(CCC(=O)O)CCN1CCOCC1. The van der Waals surface area contributed by atoms with Crippen LogP contribution in [-0.2, 0) is 9.53 Å². The van der Waals surface area contributed by atoms with Crippen molar-refractivity contribution in [3.8, 4) is 0 Å². The van der Waals surface area contributed by atoms with Crippen LogP contribution in [0.4, 0.5) is 0 Å². The summed E-state index contributed by atoms with van der Waals surface area (Å²) >= 11 is 0. The molecule has 0 radical (unpaired) electrons. The topological polar surface area (TPSA) is 49.8 Å². The highest BCUT2D eigenvalue weighted by Gasteiger charge is 2.25. The standard InChI is InChI=1S/C14H27NO3/c1-14(2,3)12(4-5-13(16)17)6-7-15-8-10-18-11-9-15/h12H,4-11H2,1-3H3,(H,16,17). The van der Waals surface area contributed by atoms with Crippen LogP contribution in [0.5, 0.6) is 0 Å². The number of nitrogens with zero attached hydrogens (tertiary/aromatic N) is 1. The van der Waals surface area contributed by atoms with Gasteiger partial charge in [-0.15, -0.1) is 0 Å². The van der Waals surface area contributed by atoms with E-state index in [4.69, 9.17) is 9.84 Å². The lowest BCUT2D eigenvalue weighted by Crippen LogP contribution is -2.38. The van der Waals surface area contributed by atoms with Crippen molar-refractivity contribution in [2.45, 2.75) is 40.0 Å². The lowest BCUT2D eigenvalue weighted by atomic mass is 9.76. The lowest BCUT2D eigenvalue weighted by molar-refractivity contribution is -0.137. The van der Waals surface area contributed by atoms with E-state index in [0.717, 1.165) is 45.7 Å². The second kappa shape index (κ2) is 7.10. The van der Waals surface area contributed by atoms with E-state index >= 15 is 0 Å². The number of rotatable bonds is 6. The highest BCUT2D eigenvalue weighted by Crippen LogP contribution is 2.32. The molecule has 0 aromatic carbocycles. The Balaban J connectivity index is 2.37. The van der Waals surface area contributed by atoms with Crippen LogP contribution in [0.25, 0.3) is 0 Å². The fraction of sp³-hybridized carbons (Fsp3) is 0.929. The summed E-state index contributed by atoms with van der Waals surface area (Å²) in [5.74, 6) is -0.216. The van der Waals surface area contributed by atoms with E-state index in [-0.39, 0.29) is 11.8 Å². The summed E-state index contributed by atoms with van der Waals surface area (Å²) in [7, 11) is 0. The van der Waals surface area contributed by atoms with Crippen LogP contribution in [0.15, 0.2) is 0 Å². The van der Waals surface area contributed by atoms with Gasteiger partial charge in [-0.3, -0.25) is 9.69 Å². The van der Waals surface area contributed by atoms with Gasteiger partial charge in [0.05, 0.1) is 13.2 Å². The molecule has 1 heterocycles. The average Bonchev–Trinajstić information content (AvgIpc) is 2.28. The van der Waals surface area contributed by atoms with Crippen LogP contribution in [0.3, 0.4) is 0 Å². The van der Waals surface area contributed by atoms with Gasteiger partial charge in [0.15, 0.2) is 0 Å². The molecule has 0 aliphatic carbocycles. The van der Waals surface area contributed by atoms with Crippen molar-refractivity contribution in [3.05, 3.63) is 0 Å². The molecule has 0 spiro atoms. The summed E-state index contributed by atoms with van der Waals surface area (Å²) in [5, 5.41) is 8.82. The third-order valence-corrected chi connectivity index (χ3v) is 3.83. The number of carboxylic acid groups (broad SMARTS) is 1. The minimum Gasteiger partial charge on any atom is -0.481 e. The lowest BCUT2D eigenvalue weighted by Gasteiger charge is -2.34. The molecule has 4 nitrogen and oxygen atoms in total. The Morgan fingerprint density at radius 2 is 1.89 bits per heavy atom. The number of aliphatic carboxylic acids is 1. The summed E-state index contributed by atoms with van der Waals surface area (Å²) in [6.07, 6.45) is 2.14. The van der Waals surface area contributed by atoms with Crippen LogP contribution in [-0.4, -0.2) is 48.8 Å². The molecule has 1 aliphatic heterocycles. The smallest absolute Gasteiger partial charge is 0.303 e. The van der Waals surface area contributed by atoms with E-state index in [9.17, 15) is 4.79 Å². The maximum Gasteiger partial charge on any atom is 0.303 e. The molecule has 1 saturated heterocycles. The Labute approximate surface area is 110 Å². The molecule has 0 amide bonds. The first-order valence-electron chi connectivity index (χ1n) is 6.91. The van der Waals surface area contributed by atoms with Crippen LogP contribution in [0, 0.1) is 11.3 Å². The van der Waals surface area contributed by atoms with Gasteiger partial charge < -0.3 is 9.84 Å². The Morgan fingerprint density at radius 3 is 2.39 bits per heavy atom. The minimum atomic E-state index is -0.685. The molecule has 0 bridgehead atoms. The second-order valence-corrected chi connectivity index (χ2v) is 6.24. The van der Waals surface area contributed by atoms with Crippen molar-refractivity contribution < 1.29 is 14.6 Å². The fourth-order valence-electron chi connectivity index (χ4n) is 2.47. The maximum absolute atomic E-state index is 10.7. The van der Waals surface area contributed by atoms with Gasteiger partial charge in [-0.25, -0.2) is 0 Å². The van der Waals surface area contributed by atoms with Crippen molar-refractivity contribution >= 4 is 5.97 Å². The summed E-state index contributed by atoms with van der Waals surface area (Å²) in [5.41, 5.74) is 0.182. The Hall–Kier alpha value is -0.610. The van der Waals surface area contributed by atoms with Gasteiger partial charge in [-0.1, -0.05) is 20.8 Å². The van der Waals surface area contributed by atoms with Crippen LogP contribution < -0.4 is 0 Å². The van der Waals surface area contributed by atoms with Gasteiger partial charge in [-0.2, -0.15) is 0 Å². The largest absolute Gasteiger partial charge is 0.481 e. The number of ether oxygens (including phenoxy) is 1. The van der Waals surface area contributed by atoms with E-state index in [1.165, 1.54) is 0 Å². The molecule has 4 heteroatoms. The number of hydrogen-bond acceptors (Lipinski definition) is 3. The maximum atomic E-state index is 10.7. The first kappa shape index (κ1) is 15.4. The Kier molecular flexibility index (Phi) is 6.09. The normalized spacial score (nSPS) is 19.7. The quantitative estimate of drug-likeness (QED) is 0.793. The zero-order valence-electron chi connectivity index (χ0n) is 11.9. The van der Waals surface area contributed by atoms with E-state index in [1.807, 2.05) is 0 Å². The molecule has 1 unspecified atom stereocenters. The van der Waals surface area contributed by atoms with Gasteiger partial charge in [0, 0.05) is 19.5 Å². The number of carbonyl (C=O) groups is 1. The Morgan fingerprint density at radius 1 is 1.28 bits per heavy atom. The van der Waals surface area contributed by atoms with Crippen molar-refractivity contribution in [1.29, 1.82) is 0 Å². The van der Waals surface area contributed by atoms with Crippen molar-refractivity contribution in [2.75, 3.05) is 32.8 Å². The molecular formula is C14H27NO3. The van der Waals surface area contributed by atoms with Gasteiger partial charge in [0.2, 0.25) is 0 Å². The monoisotopic (exact) mass is 257 g/mol. The molecule has 18 heavy (non-hydrogen) atoms. The summed E-state index contributed by atoms with van der Waals surface area (Å²) < 4.78 is 5.33. The molecule has 1 fully saturated rings. The van der Waals surface area contributed by atoms with E-state index < -0.39 is 5.97 Å². The van der Waals surface area contributed by atoms with E-state index in [2.05, 4.69) is 25.7 Å². The van der Waals surface area contributed by atoms with Crippen LogP contribution in [0.1, 0.15) is 40.0 Å². The second-order valence-electron chi connectivity index (χ2n) is 6.24. The predicted molar refractivity (Wildman–Crippen MR) is 71.7 cm³/mol. The summed E-state index contributed by atoms with van der Waals surface area (Å²) in [6, 6.07) is 0. The highest BCUT2D eigenvalue weighted by molar-refractivity contribution is 5.66. The molecule has 0 saturated carbocycles. The van der Waals surface area contributed by atoms with Gasteiger partial charge in [0.1, 0.15) is 0 Å². The first-order valence-corrected chi connectivity index (χ1v) is 6.91. The Bertz CT molecular complexity index is 254. The molecule has 0 aromatic rings. The molecule has 106 valence electrons. The zero-order valence-corrected chi connectivity index (χ0v) is 11.9. The number of hydrogen-bond donors (Lipinski definition) is 1. The molecule has 1 atom stereocenters. The third kappa shape index (κ3) is 5.83. The number of morpholine rings is 1. The van der Waals surface area contributed by atoms with Crippen molar-refractivity contribution in [3.63, 3.8) is 0 Å². The van der Waals surface area contributed by atoms with Crippen molar-refractivity contribution in [1.82, 2.24) is 4.90 Å². The van der Waals surface area contributed by atoms with Crippen molar-refractivity contribution in [2.24, 2.45) is 11.3 Å². The first-order chi connectivity index (χ1) is 8.39. The molecule has 1 rings (SSSR count). The zero-order chi connectivity index (χ0) is 13.6. The molecule has 1 aliphatic rings. The van der Waals surface area contributed by atoms with E-state index in [1.54, 1.807) is 0 Å². The van der Waals surface area contributed by atoms with Crippen LogP contribution >= 0.6 is 0 Å². The average molecular weight is 257 g/mol. The minimum absolute atomic E-state index is 0.182. The summed E-state index contributed by atoms with van der Waals surface area (Å²) in [4.78, 5) is 13.1. The number of carboxylic acids is 1.